The largest absolute Gasteiger partial charge is 0.271 e. The Labute approximate surface area is 99.3 Å². The third kappa shape index (κ3) is 3.13. The fraction of sp³-hybridized carbons (Fsp3) is 0.250. The van der Waals surface area contributed by atoms with E-state index in [2.05, 4.69) is 22.5 Å². The monoisotopic (exact) mass is 233 g/mol. The van der Waals surface area contributed by atoms with E-state index in [1.165, 1.54) is 5.56 Å². The second-order valence-corrected chi connectivity index (χ2v) is 4.66. The molecule has 3 nitrogen and oxygen atoms in total. The van der Waals surface area contributed by atoms with Gasteiger partial charge < -0.3 is 0 Å². The van der Waals surface area contributed by atoms with E-state index in [4.69, 9.17) is 5.84 Å². The first-order valence-corrected chi connectivity index (χ1v) is 6.15. The third-order valence-electron chi connectivity index (χ3n) is 2.47. The van der Waals surface area contributed by atoms with Crippen LogP contribution in [-0.4, -0.2) is 11.0 Å². The quantitative estimate of drug-likeness (QED) is 0.611. The van der Waals surface area contributed by atoms with Crippen molar-refractivity contribution in [3.8, 4) is 0 Å². The van der Waals surface area contributed by atoms with E-state index < -0.39 is 0 Å². The van der Waals surface area contributed by atoms with Crippen molar-refractivity contribution in [1.29, 1.82) is 0 Å². The summed E-state index contributed by atoms with van der Waals surface area (Å²) >= 11 is 1.67. The topological polar surface area (TPSA) is 50.9 Å². The van der Waals surface area contributed by atoms with E-state index in [0.29, 0.717) is 0 Å². The zero-order chi connectivity index (χ0) is 11.2. The fourth-order valence-electron chi connectivity index (χ4n) is 1.65. The van der Waals surface area contributed by atoms with E-state index in [9.17, 15) is 0 Å². The molecule has 0 aliphatic rings. The van der Waals surface area contributed by atoms with Crippen molar-refractivity contribution in [3.05, 3.63) is 52.5 Å². The second-order valence-electron chi connectivity index (χ2n) is 3.68. The van der Waals surface area contributed by atoms with Crippen molar-refractivity contribution >= 4 is 11.3 Å². The number of nitrogens with one attached hydrogen (secondary N) is 1. The lowest BCUT2D eigenvalue weighted by atomic mass is 10.0. The third-order valence-corrected chi connectivity index (χ3v) is 3.27. The van der Waals surface area contributed by atoms with Gasteiger partial charge in [0.25, 0.3) is 0 Å². The Kier molecular flexibility index (Phi) is 4.04. The molecule has 0 fully saturated rings. The maximum absolute atomic E-state index is 5.56. The Bertz CT molecular complexity index is 399. The molecule has 1 heterocycles. The number of hydrogen-bond donors (Lipinski definition) is 2. The van der Waals surface area contributed by atoms with Crippen molar-refractivity contribution in [3.63, 3.8) is 0 Å². The summed E-state index contributed by atoms with van der Waals surface area (Å²) in [4.78, 5) is 4.27. The van der Waals surface area contributed by atoms with E-state index in [1.54, 1.807) is 11.3 Å². The normalized spacial score (nSPS) is 12.6. The fourth-order valence-corrected chi connectivity index (χ4v) is 2.35. The predicted molar refractivity (Wildman–Crippen MR) is 67.1 cm³/mol. The summed E-state index contributed by atoms with van der Waals surface area (Å²) in [7, 11) is 0. The van der Waals surface area contributed by atoms with E-state index in [1.807, 2.05) is 29.8 Å². The Morgan fingerprint density at radius 2 is 2.06 bits per heavy atom. The first-order valence-electron chi connectivity index (χ1n) is 5.27. The molecule has 0 aliphatic carbocycles. The number of thiazole rings is 1. The van der Waals surface area contributed by atoms with Crippen molar-refractivity contribution in [2.75, 3.05) is 0 Å². The van der Waals surface area contributed by atoms with Gasteiger partial charge in [-0.05, 0) is 12.0 Å². The smallest absolute Gasteiger partial charge is 0.0940 e. The minimum atomic E-state index is 0.244. The van der Waals surface area contributed by atoms with Gasteiger partial charge in [-0.1, -0.05) is 30.3 Å². The van der Waals surface area contributed by atoms with Crippen molar-refractivity contribution in [1.82, 2.24) is 10.4 Å². The molecule has 16 heavy (non-hydrogen) atoms. The highest BCUT2D eigenvalue weighted by atomic mass is 32.1. The molecule has 1 atom stereocenters. The van der Waals surface area contributed by atoms with Gasteiger partial charge in [-0.3, -0.25) is 11.3 Å². The molecule has 2 rings (SSSR count). The minimum absolute atomic E-state index is 0.244. The summed E-state index contributed by atoms with van der Waals surface area (Å²) in [5.74, 6) is 5.56. The zero-order valence-electron chi connectivity index (χ0n) is 8.97. The molecule has 0 amide bonds. The van der Waals surface area contributed by atoms with Crippen LogP contribution in [0.1, 0.15) is 10.6 Å². The van der Waals surface area contributed by atoms with Gasteiger partial charge in [0.2, 0.25) is 0 Å². The first-order chi connectivity index (χ1) is 7.88. The Morgan fingerprint density at radius 3 is 2.69 bits per heavy atom. The molecule has 4 heteroatoms. The lowest BCUT2D eigenvalue weighted by Gasteiger charge is -2.14. The van der Waals surface area contributed by atoms with Crippen LogP contribution in [0.15, 0.2) is 41.9 Å². The lowest BCUT2D eigenvalue weighted by molar-refractivity contribution is 0.521. The summed E-state index contributed by atoms with van der Waals surface area (Å²) in [6, 6.07) is 10.6. The molecule has 0 spiro atoms. The highest BCUT2D eigenvalue weighted by Crippen LogP contribution is 2.10. The van der Waals surface area contributed by atoms with Gasteiger partial charge >= 0.3 is 0 Å². The van der Waals surface area contributed by atoms with Crippen molar-refractivity contribution < 1.29 is 0 Å². The lowest BCUT2D eigenvalue weighted by Crippen LogP contribution is -2.38. The number of rotatable bonds is 5. The van der Waals surface area contributed by atoms with Gasteiger partial charge in [0.15, 0.2) is 0 Å². The molecule has 0 saturated heterocycles. The molecule has 0 bridgehead atoms. The Balaban J connectivity index is 1.96. The number of nitrogens with two attached hydrogens (primary N) is 1. The first kappa shape index (κ1) is 11.3. The van der Waals surface area contributed by atoms with Gasteiger partial charge in [-0.15, -0.1) is 11.3 Å². The molecule has 0 saturated carbocycles. The molecule has 1 aromatic heterocycles. The number of benzene rings is 1. The zero-order valence-corrected chi connectivity index (χ0v) is 9.78. The number of nitrogens with zero attached hydrogens (tertiary/aromatic N) is 1. The van der Waals surface area contributed by atoms with Gasteiger partial charge in [-0.25, -0.2) is 4.98 Å². The second kappa shape index (κ2) is 5.75. The summed E-state index contributed by atoms with van der Waals surface area (Å²) in [6.07, 6.45) is 3.63. The highest BCUT2D eigenvalue weighted by Gasteiger charge is 2.09. The molecule has 3 N–H and O–H groups in total. The molecular weight excluding hydrogens is 218 g/mol. The van der Waals surface area contributed by atoms with Crippen LogP contribution in [0, 0.1) is 0 Å². The summed E-state index contributed by atoms with van der Waals surface area (Å²) in [6.45, 7) is 0. The van der Waals surface area contributed by atoms with Gasteiger partial charge in [0.1, 0.15) is 0 Å². The van der Waals surface area contributed by atoms with Crippen LogP contribution < -0.4 is 11.3 Å². The Morgan fingerprint density at radius 1 is 1.25 bits per heavy atom. The van der Waals surface area contributed by atoms with Crippen LogP contribution in [0.4, 0.5) is 0 Å². The minimum Gasteiger partial charge on any atom is -0.271 e. The van der Waals surface area contributed by atoms with Crippen LogP contribution in [0.5, 0.6) is 0 Å². The maximum Gasteiger partial charge on any atom is 0.0940 e. The van der Waals surface area contributed by atoms with Gasteiger partial charge in [0.05, 0.1) is 5.01 Å². The van der Waals surface area contributed by atoms with Crippen LogP contribution in [0.25, 0.3) is 0 Å². The van der Waals surface area contributed by atoms with Gasteiger partial charge in [0, 0.05) is 24.0 Å². The average molecular weight is 233 g/mol. The van der Waals surface area contributed by atoms with E-state index >= 15 is 0 Å². The van der Waals surface area contributed by atoms with Crippen LogP contribution in [0.3, 0.4) is 0 Å². The van der Waals surface area contributed by atoms with Crippen LogP contribution >= 0.6 is 11.3 Å². The number of hydrazine groups is 1. The predicted octanol–water partition coefficient (Wildman–Crippen LogP) is 1.76. The maximum atomic E-state index is 5.56. The van der Waals surface area contributed by atoms with Crippen molar-refractivity contribution in [2.24, 2.45) is 5.84 Å². The van der Waals surface area contributed by atoms with Gasteiger partial charge in [-0.2, -0.15) is 0 Å². The average Bonchev–Trinajstić information content (AvgIpc) is 2.82. The molecule has 1 aromatic carbocycles. The molecule has 2 aromatic rings. The highest BCUT2D eigenvalue weighted by molar-refractivity contribution is 7.09. The Hall–Kier alpha value is -1.23. The summed E-state index contributed by atoms with van der Waals surface area (Å²) in [5.41, 5.74) is 4.15. The SMILES string of the molecule is NNC(Cc1ccccc1)Cc1nccs1. The molecule has 1 unspecified atom stereocenters. The van der Waals surface area contributed by atoms with Crippen molar-refractivity contribution in [2.45, 2.75) is 18.9 Å². The molecular formula is C12H15N3S. The number of aromatic nitrogens is 1. The molecule has 84 valence electrons. The van der Waals surface area contributed by atoms with Crippen LogP contribution in [-0.2, 0) is 12.8 Å². The van der Waals surface area contributed by atoms with E-state index in [-0.39, 0.29) is 6.04 Å². The summed E-state index contributed by atoms with van der Waals surface area (Å²) in [5, 5.41) is 3.12. The number of hydrogen-bond acceptors (Lipinski definition) is 4. The van der Waals surface area contributed by atoms with Crippen LogP contribution in [0.2, 0.25) is 0 Å². The standard InChI is InChI=1S/C12H15N3S/c13-15-11(9-12-14-6-7-16-12)8-10-4-2-1-3-5-10/h1-7,11,15H,8-9,13H2. The summed E-state index contributed by atoms with van der Waals surface area (Å²) < 4.78 is 0. The van der Waals surface area contributed by atoms with E-state index in [0.717, 1.165) is 17.8 Å². The molecule has 0 radical (unpaired) electrons. The molecule has 0 aliphatic heterocycles.